The molecule has 0 aromatic heterocycles. The number of benzene rings is 1. The van der Waals surface area contributed by atoms with Gasteiger partial charge in [-0.15, -0.1) is 0 Å². The van der Waals surface area contributed by atoms with Crippen LogP contribution >= 0.6 is 11.8 Å². The molecule has 3 fully saturated rings. The van der Waals surface area contributed by atoms with Gasteiger partial charge in [0.05, 0.1) is 37.5 Å². The van der Waals surface area contributed by atoms with Gasteiger partial charge in [0, 0.05) is 17.2 Å². The fraction of sp³-hybridized carbons (Fsp3) is 0.529. The van der Waals surface area contributed by atoms with E-state index in [0.717, 1.165) is 12.8 Å². The minimum atomic E-state index is -3.11. The highest BCUT2D eigenvalue weighted by atomic mass is 32.2. The van der Waals surface area contributed by atoms with E-state index in [1.165, 1.54) is 11.8 Å². The Morgan fingerprint density at radius 3 is 2.65 bits per heavy atom. The SMILES string of the molecule is COc1ccc(OC)c(N2C(=NC(=O)C3CC3)S[C@H]3CS(=O)(=O)C[C@@H]32)c1. The number of rotatable bonds is 4. The molecule has 0 radical (unpaired) electrons. The van der Waals surface area contributed by atoms with Gasteiger partial charge >= 0.3 is 0 Å². The average Bonchev–Trinajstić information content (AvgIpc) is 3.35. The van der Waals surface area contributed by atoms with Gasteiger partial charge in [-0.25, -0.2) is 8.42 Å². The molecule has 9 heteroatoms. The van der Waals surface area contributed by atoms with Crippen LogP contribution in [0.15, 0.2) is 23.2 Å². The normalized spacial score (nSPS) is 28.2. The lowest BCUT2D eigenvalue weighted by Gasteiger charge is -2.26. The number of aliphatic imine (C=N–C) groups is 1. The average molecular weight is 396 g/mol. The van der Waals surface area contributed by atoms with Crippen molar-refractivity contribution in [1.29, 1.82) is 0 Å². The molecular formula is C17H20N2O5S2. The van der Waals surface area contributed by atoms with Gasteiger partial charge in [-0.05, 0) is 25.0 Å². The molecule has 4 rings (SSSR count). The van der Waals surface area contributed by atoms with E-state index in [2.05, 4.69) is 4.99 Å². The summed E-state index contributed by atoms with van der Waals surface area (Å²) in [5.41, 5.74) is 0.672. The van der Waals surface area contributed by atoms with Gasteiger partial charge in [0.25, 0.3) is 5.91 Å². The third kappa shape index (κ3) is 3.18. The Hall–Kier alpha value is -1.74. The zero-order valence-corrected chi connectivity index (χ0v) is 16.2. The lowest BCUT2D eigenvalue weighted by atomic mass is 10.2. The number of ether oxygens (including phenoxy) is 2. The van der Waals surface area contributed by atoms with Gasteiger partial charge in [0.15, 0.2) is 15.0 Å². The standard InChI is InChI=1S/C17H20N2O5S2/c1-23-11-5-6-14(24-2)12(7-11)19-13-8-26(21,22)9-15(13)25-17(19)18-16(20)10-3-4-10/h5-7,10,13,15H,3-4,8-9H2,1-2H3/t13-,15-/m0/s1. The van der Waals surface area contributed by atoms with Crippen molar-refractivity contribution in [2.75, 3.05) is 30.6 Å². The first-order valence-corrected chi connectivity index (χ1v) is 11.1. The molecule has 0 unspecified atom stereocenters. The van der Waals surface area contributed by atoms with Gasteiger partial charge in [0.1, 0.15) is 11.5 Å². The second kappa shape index (κ2) is 6.45. The molecule has 7 nitrogen and oxygen atoms in total. The highest BCUT2D eigenvalue weighted by molar-refractivity contribution is 8.16. The van der Waals surface area contributed by atoms with E-state index in [1.54, 1.807) is 32.4 Å². The molecule has 140 valence electrons. The van der Waals surface area contributed by atoms with Crippen LogP contribution in [0.1, 0.15) is 12.8 Å². The third-order valence-electron chi connectivity index (χ3n) is 4.84. The molecule has 1 aliphatic carbocycles. The van der Waals surface area contributed by atoms with Crippen LogP contribution in [-0.2, 0) is 14.6 Å². The largest absolute Gasteiger partial charge is 0.497 e. The summed E-state index contributed by atoms with van der Waals surface area (Å²) in [6.07, 6.45) is 1.76. The predicted molar refractivity (Wildman–Crippen MR) is 101 cm³/mol. The Kier molecular flexibility index (Phi) is 4.38. The zero-order chi connectivity index (χ0) is 18.5. The minimum absolute atomic E-state index is 0.0151. The fourth-order valence-electron chi connectivity index (χ4n) is 3.35. The Morgan fingerprint density at radius 1 is 1.23 bits per heavy atom. The lowest BCUT2D eigenvalue weighted by molar-refractivity contribution is -0.118. The molecule has 3 aliphatic rings. The van der Waals surface area contributed by atoms with Gasteiger partial charge in [-0.1, -0.05) is 11.8 Å². The number of nitrogens with zero attached hydrogens (tertiary/aromatic N) is 2. The first kappa shape index (κ1) is 17.7. The summed E-state index contributed by atoms with van der Waals surface area (Å²) in [5, 5.41) is 0.417. The zero-order valence-electron chi connectivity index (χ0n) is 14.5. The Morgan fingerprint density at radius 2 is 2.00 bits per heavy atom. The summed E-state index contributed by atoms with van der Waals surface area (Å²) in [5.74, 6) is 1.25. The molecule has 0 bridgehead atoms. The predicted octanol–water partition coefficient (Wildman–Crippen LogP) is 1.72. The summed E-state index contributed by atoms with van der Waals surface area (Å²) < 4.78 is 35.1. The molecule has 1 saturated carbocycles. The van der Waals surface area contributed by atoms with Crippen LogP contribution in [0.5, 0.6) is 11.5 Å². The summed E-state index contributed by atoms with van der Waals surface area (Å²) >= 11 is 1.37. The molecule has 0 N–H and O–H groups in total. The Balaban J connectivity index is 1.79. The maximum Gasteiger partial charge on any atom is 0.251 e. The van der Waals surface area contributed by atoms with Crippen molar-refractivity contribution in [3.63, 3.8) is 0 Å². The van der Waals surface area contributed by atoms with Crippen molar-refractivity contribution >= 4 is 38.4 Å². The van der Waals surface area contributed by atoms with Crippen molar-refractivity contribution in [2.45, 2.75) is 24.1 Å². The molecule has 0 spiro atoms. The summed E-state index contributed by atoms with van der Waals surface area (Å²) in [6, 6.07) is 5.08. The number of thioether (sulfide) groups is 1. The second-order valence-corrected chi connectivity index (χ2v) is 10.1. The molecule has 1 aromatic carbocycles. The lowest BCUT2D eigenvalue weighted by Crippen LogP contribution is -2.38. The number of fused-ring (bicyclic) bond motifs is 1. The van der Waals surface area contributed by atoms with Crippen molar-refractivity contribution in [3.05, 3.63) is 18.2 Å². The number of anilines is 1. The molecule has 2 heterocycles. The Labute approximate surface area is 156 Å². The maximum absolute atomic E-state index is 12.3. The summed E-state index contributed by atoms with van der Waals surface area (Å²) in [6.45, 7) is 0. The minimum Gasteiger partial charge on any atom is -0.497 e. The van der Waals surface area contributed by atoms with Crippen LogP contribution in [0, 0.1) is 5.92 Å². The first-order valence-electron chi connectivity index (χ1n) is 8.43. The molecule has 1 amide bonds. The van der Waals surface area contributed by atoms with Crippen LogP contribution in [0.3, 0.4) is 0 Å². The van der Waals surface area contributed by atoms with E-state index in [1.807, 2.05) is 4.90 Å². The number of sulfone groups is 1. The van der Waals surface area contributed by atoms with Crippen molar-refractivity contribution in [3.8, 4) is 11.5 Å². The number of carbonyl (C=O) groups excluding carboxylic acids is 1. The van der Waals surface area contributed by atoms with Crippen LogP contribution in [0.4, 0.5) is 5.69 Å². The highest BCUT2D eigenvalue weighted by Gasteiger charge is 2.50. The number of amidine groups is 1. The highest BCUT2D eigenvalue weighted by Crippen LogP contribution is 2.45. The van der Waals surface area contributed by atoms with Gasteiger partial charge in [0.2, 0.25) is 0 Å². The Bertz CT molecular complexity index is 879. The molecule has 2 saturated heterocycles. The maximum atomic E-state index is 12.3. The summed E-state index contributed by atoms with van der Waals surface area (Å²) in [4.78, 5) is 18.4. The number of hydrogen-bond acceptors (Lipinski definition) is 6. The molecule has 1 aromatic rings. The topological polar surface area (TPSA) is 85.3 Å². The van der Waals surface area contributed by atoms with Crippen molar-refractivity contribution in [2.24, 2.45) is 10.9 Å². The summed E-state index contributed by atoms with van der Waals surface area (Å²) in [7, 11) is 0.0153. The fourth-order valence-corrected chi connectivity index (χ4v) is 7.26. The smallest absolute Gasteiger partial charge is 0.251 e. The van der Waals surface area contributed by atoms with E-state index in [9.17, 15) is 13.2 Å². The van der Waals surface area contributed by atoms with Gasteiger partial charge < -0.3 is 14.4 Å². The van der Waals surface area contributed by atoms with Crippen LogP contribution in [0.2, 0.25) is 0 Å². The van der Waals surface area contributed by atoms with Gasteiger partial charge in [-0.2, -0.15) is 4.99 Å². The second-order valence-electron chi connectivity index (χ2n) is 6.72. The van der Waals surface area contributed by atoms with E-state index >= 15 is 0 Å². The third-order valence-corrected chi connectivity index (χ3v) is 8.05. The number of hydrogen-bond donors (Lipinski definition) is 0. The quantitative estimate of drug-likeness (QED) is 0.766. The van der Waals surface area contributed by atoms with Crippen LogP contribution < -0.4 is 14.4 Å². The first-order chi connectivity index (χ1) is 12.4. The molecular weight excluding hydrogens is 376 g/mol. The van der Waals surface area contributed by atoms with Crippen molar-refractivity contribution < 1.29 is 22.7 Å². The molecule has 2 atom stereocenters. The van der Waals surface area contributed by atoms with E-state index in [-0.39, 0.29) is 34.6 Å². The van der Waals surface area contributed by atoms with E-state index < -0.39 is 9.84 Å². The van der Waals surface area contributed by atoms with Gasteiger partial charge in [-0.3, -0.25) is 4.79 Å². The van der Waals surface area contributed by atoms with Crippen LogP contribution in [0.25, 0.3) is 0 Å². The van der Waals surface area contributed by atoms with Crippen molar-refractivity contribution in [1.82, 2.24) is 0 Å². The van der Waals surface area contributed by atoms with E-state index in [0.29, 0.717) is 22.4 Å². The van der Waals surface area contributed by atoms with E-state index in [4.69, 9.17) is 9.47 Å². The molecule has 26 heavy (non-hydrogen) atoms. The number of carbonyl (C=O) groups is 1. The number of amides is 1. The molecule has 2 aliphatic heterocycles. The van der Waals surface area contributed by atoms with Crippen LogP contribution in [-0.4, -0.2) is 56.5 Å². The monoisotopic (exact) mass is 396 g/mol. The number of methoxy groups -OCH3 is 2.